The van der Waals surface area contributed by atoms with Crippen LogP contribution in [0.1, 0.15) is 12.7 Å². The molecule has 100 valence electrons. The Morgan fingerprint density at radius 3 is 2.32 bits per heavy atom. The van der Waals surface area contributed by atoms with Gasteiger partial charge in [-0.3, -0.25) is 0 Å². The molecule has 1 heterocycles. The second-order valence-electron chi connectivity index (χ2n) is 3.72. The van der Waals surface area contributed by atoms with Crippen LogP contribution in [0.25, 0.3) is 0 Å². The van der Waals surface area contributed by atoms with Gasteiger partial charge in [0.15, 0.2) is 0 Å². The minimum atomic E-state index is 0.366. The summed E-state index contributed by atoms with van der Waals surface area (Å²) in [4.78, 5) is 8.38. The molecule has 3 nitrogen and oxygen atoms in total. The fourth-order valence-corrected chi connectivity index (χ4v) is 2.24. The molecule has 0 aliphatic rings. The van der Waals surface area contributed by atoms with Crippen molar-refractivity contribution in [2.24, 2.45) is 0 Å². The summed E-state index contributed by atoms with van der Waals surface area (Å²) in [6.45, 7) is 1.95. The van der Waals surface area contributed by atoms with Crippen LogP contribution in [0.5, 0.6) is 0 Å². The minimum Gasteiger partial charge on any atom is -0.339 e. The zero-order valence-corrected chi connectivity index (χ0v) is 12.9. The second kappa shape index (κ2) is 6.14. The average Bonchev–Trinajstić information content (AvgIpc) is 2.35. The molecule has 0 amide bonds. The Labute approximate surface area is 130 Å². The van der Waals surface area contributed by atoms with Gasteiger partial charge in [-0.1, -0.05) is 53.3 Å². The van der Waals surface area contributed by atoms with E-state index < -0.39 is 0 Å². The molecule has 1 N–H and O–H groups in total. The lowest BCUT2D eigenvalue weighted by atomic mass is 10.3. The van der Waals surface area contributed by atoms with Crippen molar-refractivity contribution < 1.29 is 0 Å². The lowest BCUT2D eigenvalue weighted by Crippen LogP contribution is -2.00. The molecule has 0 saturated carbocycles. The molecule has 0 atom stereocenters. The lowest BCUT2D eigenvalue weighted by molar-refractivity contribution is 0.943. The van der Waals surface area contributed by atoms with Gasteiger partial charge in [0.25, 0.3) is 0 Å². The van der Waals surface area contributed by atoms with Crippen LogP contribution in [-0.4, -0.2) is 9.97 Å². The third kappa shape index (κ3) is 3.63. The quantitative estimate of drug-likeness (QED) is 0.602. The van der Waals surface area contributed by atoms with Gasteiger partial charge in [-0.05, 0) is 12.1 Å². The highest BCUT2D eigenvalue weighted by Gasteiger charge is 2.08. The molecule has 0 saturated heterocycles. The average molecular weight is 337 g/mol. The molecule has 0 bridgehead atoms. The van der Waals surface area contributed by atoms with Crippen LogP contribution in [0.4, 0.5) is 11.5 Å². The summed E-state index contributed by atoms with van der Waals surface area (Å²) in [6.07, 6.45) is 0.685. The van der Waals surface area contributed by atoms with Crippen LogP contribution < -0.4 is 5.32 Å². The predicted molar refractivity (Wildman–Crippen MR) is 81.2 cm³/mol. The predicted octanol–water partition coefficient (Wildman–Crippen LogP) is 5.40. The third-order valence-electron chi connectivity index (χ3n) is 2.33. The van der Waals surface area contributed by atoms with Crippen LogP contribution >= 0.6 is 46.4 Å². The summed E-state index contributed by atoms with van der Waals surface area (Å²) in [6, 6.07) is 4.81. The molecule has 0 fully saturated rings. The second-order valence-corrected chi connectivity index (χ2v) is 5.33. The van der Waals surface area contributed by atoms with Gasteiger partial charge in [-0.25, -0.2) is 9.97 Å². The fraction of sp³-hybridized carbons (Fsp3) is 0.167. The SMILES string of the molecule is CCc1nc(Cl)cc(Nc2cc(Cl)c(Cl)cc2Cl)n1. The van der Waals surface area contributed by atoms with Crippen LogP contribution in [-0.2, 0) is 6.42 Å². The van der Waals surface area contributed by atoms with Crippen LogP contribution in [0, 0.1) is 0 Å². The first-order valence-electron chi connectivity index (χ1n) is 5.44. The van der Waals surface area contributed by atoms with Gasteiger partial charge in [0, 0.05) is 12.5 Å². The van der Waals surface area contributed by atoms with E-state index in [1.165, 1.54) is 0 Å². The summed E-state index contributed by atoms with van der Waals surface area (Å²) in [5.74, 6) is 1.20. The zero-order valence-electron chi connectivity index (χ0n) is 9.85. The number of nitrogens with one attached hydrogen (secondary N) is 1. The molecule has 19 heavy (non-hydrogen) atoms. The van der Waals surface area contributed by atoms with Crippen molar-refractivity contribution >= 4 is 57.9 Å². The molecule has 0 radical (unpaired) electrons. The normalized spacial score (nSPS) is 10.6. The van der Waals surface area contributed by atoms with Crippen molar-refractivity contribution in [1.82, 2.24) is 9.97 Å². The van der Waals surface area contributed by atoms with Gasteiger partial charge < -0.3 is 5.32 Å². The summed E-state index contributed by atoms with van der Waals surface area (Å²) in [5, 5.41) is 4.66. The summed E-state index contributed by atoms with van der Waals surface area (Å²) >= 11 is 23.8. The van der Waals surface area contributed by atoms with E-state index in [9.17, 15) is 0 Å². The minimum absolute atomic E-state index is 0.366. The van der Waals surface area contributed by atoms with E-state index in [2.05, 4.69) is 15.3 Å². The third-order valence-corrected chi connectivity index (χ3v) is 3.56. The summed E-state index contributed by atoms with van der Waals surface area (Å²) in [5.41, 5.74) is 0.605. The monoisotopic (exact) mass is 335 g/mol. The maximum Gasteiger partial charge on any atom is 0.135 e. The number of benzene rings is 1. The lowest BCUT2D eigenvalue weighted by Gasteiger charge is -2.10. The van der Waals surface area contributed by atoms with Gasteiger partial charge in [0.05, 0.1) is 20.8 Å². The first-order chi connectivity index (χ1) is 8.99. The van der Waals surface area contributed by atoms with E-state index in [0.717, 1.165) is 0 Å². The molecule has 1 aromatic heterocycles. The number of aryl methyl sites for hydroxylation is 1. The van der Waals surface area contributed by atoms with Gasteiger partial charge in [-0.15, -0.1) is 0 Å². The van der Waals surface area contributed by atoms with Crippen LogP contribution in [0.3, 0.4) is 0 Å². The Morgan fingerprint density at radius 1 is 0.947 bits per heavy atom. The molecular formula is C12H9Cl4N3. The number of rotatable bonds is 3. The molecule has 2 rings (SSSR count). The van der Waals surface area contributed by atoms with Gasteiger partial charge in [0.2, 0.25) is 0 Å². The standard InChI is InChI=1S/C12H9Cl4N3/c1-2-11-18-10(16)5-12(19-11)17-9-4-7(14)6(13)3-8(9)15/h3-5H,2H2,1H3,(H,17,18,19). The molecule has 2 aromatic rings. The van der Waals surface area contributed by atoms with Crippen molar-refractivity contribution in [3.05, 3.63) is 44.2 Å². The molecule has 0 spiro atoms. The van der Waals surface area contributed by atoms with E-state index in [0.29, 0.717) is 44.0 Å². The molecule has 7 heteroatoms. The van der Waals surface area contributed by atoms with E-state index >= 15 is 0 Å². The van der Waals surface area contributed by atoms with Crippen LogP contribution in [0.2, 0.25) is 20.2 Å². The maximum absolute atomic E-state index is 6.08. The molecular weight excluding hydrogens is 328 g/mol. The number of halogens is 4. The van der Waals surface area contributed by atoms with E-state index in [1.54, 1.807) is 18.2 Å². The van der Waals surface area contributed by atoms with Gasteiger partial charge in [-0.2, -0.15) is 0 Å². The van der Waals surface area contributed by atoms with E-state index in [1.807, 2.05) is 6.92 Å². The number of hydrogen-bond acceptors (Lipinski definition) is 3. The first-order valence-corrected chi connectivity index (χ1v) is 6.95. The Hall–Kier alpha value is -0.740. The first kappa shape index (κ1) is 14.7. The zero-order chi connectivity index (χ0) is 14.0. The Morgan fingerprint density at radius 2 is 1.63 bits per heavy atom. The fourth-order valence-electron chi connectivity index (χ4n) is 1.44. The maximum atomic E-state index is 6.08. The molecule has 1 aromatic carbocycles. The number of hydrogen-bond donors (Lipinski definition) is 1. The highest BCUT2D eigenvalue weighted by Crippen LogP contribution is 2.33. The van der Waals surface area contributed by atoms with E-state index in [4.69, 9.17) is 46.4 Å². The Balaban J connectivity index is 2.36. The van der Waals surface area contributed by atoms with Gasteiger partial charge in [0.1, 0.15) is 16.8 Å². The molecule has 0 aliphatic carbocycles. The Kier molecular flexibility index (Phi) is 4.74. The van der Waals surface area contributed by atoms with Crippen molar-refractivity contribution in [3.63, 3.8) is 0 Å². The molecule has 0 unspecified atom stereocenters. The van der Waals surface area contributed by atoms with E-state index in [-0.39, 0.29) is 0 Å². The highest BCUT2D eigenvalue weighted by atomic mass is 35.5. The smallest absolute Gasteiger partial charge is 0.135 e. The molecule has 0 aliphatic heterocycles. The van der Waals surface area contributed by atoms with Gasteiger partial charge >= 0.3 is 0 Å². The Bertz CT molecular complexity index is 616. The topological polar surface area (TPSA) is 37.8 Å². The van der Waals surface area contributed by atoms with Crippen LogP contribution in [0.15, 0.2) is 18.2 Å². The number of nitrogens with zero attached hydrogens (tertiary/aromatic N) is 2. The number of aromatic nitrogens is 2. The van der Waals surface area contributed by atoms with Crippen molar-refractivity contribution in [2.45, 2.75) is 13.3 Å². The highest BCUT2D eigenvalue weighted by molar-refractivity contribution is 6.44. The number of anilines is 2. The summed E-state index contributed by atoms with van der Waals surface area (Å²) in [7, 11) is 0. The largest absolute Gasteiger partial charge is 0.339 e. The summed E-state index contributed by atoms with van der Waals surface area (Å²) < 4.78 is 0. The van der Waals surface area contributed by atoms with Crippen molar-refractivity contribution in [1.29, 1.82) is 0 Å². The van der Waals surface area contributed by atoms with Crippen molar-refractivity contribution in [3.8, 4) is 0 Å². The van der Waals surface area contributed by atoms with Crippen molar-refractivity contribution in [2.75, 3.05) is 5.32 Å².